The van der Waals surface area contributed by atoms with Crippen LogP contribution in [0.5, 0.6) is 0 Å². The van der Waals surface area contributed by atoms with E-state index < -0.39 is 0 Å². The molecule has 1 aromatic heterocycles. The van der Waals surface area contributed by atoms with Crippen molar-refractivity contribution in [2.75, 3.05) is 18.0 Å². The Labute approximate surface area is 91.0 Å². The lowest BCUT2D eigenvalue weighted by atomic mass is 10.3. The Hall–Kier alpha value is -1.16. The minimum atomic E-state index is 0.00135. The summed E-state index contributed by atoms with van der Waals surface area (Å²) < 4.78 is 0. The first-order valence-corrected chi connectivity index (χ1v) is 5.48. The van der Waals surface area contributed by atoms with Crippen LogP contribution in [0.25, 0.3) is 0 Å². The van der Waals surface area contributed by atoms with Gasteiger partial charge in [-0.15, -0.1) is 0 Å². The molecular formula is C11H19N3O. The van der Waals surface area contributed by atoms with Gasteiger partial charge in [0.05, 0.1) is 6.61 Å². The van der Waals surface area contributed by atoms with Gasteiger partial charge in [-0.3, -0.25) is 0 Å². The van der Waals surface area contributed by atoms with Crippen LogP contribution in [0.2, 0.25) is 0 Å². The monoisotopic (exact) mass is 209 g/mol. The van der Waals surface area contributed by atoms with Gasteiger partial charge in [0.2, 0.25) is 5.95 Å². The molecule has 0 atom stereocenters. The fraction of sp³-hybridized carbons (Fsp3) is 0.636. The van der Waals surface area contributed by atoms with Crippen molar-refractivity contribution in [2.45, 2.75) is 33.3 Å². The number of nitrogens with zero attached hydrogens (tertiary/aromatic N) is 3. The Morgan fingerprint density at radius 1 is 1.27 bits per heavy atom. The normalized spacial score (nSPS) is 10.3. The van der Waals surface area contributed by atoms with Gasteiger partial charge < -0.3 is 10.0 Å². The van der Waals surface area contributed by atoms with Crippen LogP contribution in [0.3, 0.4) is 0 Å². The fourth-order valence-corrected chi connectivity index (χ4v) is 1.34. The number of hydrogen-bond acceptors (Lipinski definition) is 4. The summed E-state index contributed by atoms with van der Waals surface area (Å²) in [6.45, 7) is 6.17. The molecule has 1 rings (SSSR count). The molecular weight excluding hydrogens is 190 g/mol. The summed E-state index contributed by atoms with van der Waals surface area (Å²) in [7, 11) is 0. The van der Waals surface area contributed by atoms with Crippen LogP contribution in [0.15, 0.2) is 12.4 Å². The minimum Gasteiger partial charge on any atom is -0.392 e. The van der Waals surface area contributed by atoms with Gasteiger partial charge in [0, 0.05) is 31.0 Å². The maximum Gasteiger partial charge on any atom is 0.225 e. The summed E-state index contributed by atoms with van der Waals surface area (Å²) in [6, 6.07) is 0. The van der Waals surface area contributed by atoms with Crippen LogP contribution in [0.4, 0.5) is 5.95 Å². The van der Waals surface area contributed by atoms with Crippen molar-refractivity contribution in [1.29, 1.82) is 0 Å². The fourth-order valence-electron chi connectivity index (χ4n) is 1.34. The van der Waals surface area contributed by atoms with Gasteiger partial charge in [-0.05, 0) is 13.3 Å². The number of unbranched alkanes of at least 4 members (excludes halogenated alkanes) is 1. The highest BCUT2D eigenvalue weighted by molar-refractivity contribution is 5.29. The van der Waals surface area contributed by atoms with Crippen LogP contribution in [0.1, 0.15) is 32.3 Å². The van der Waals surface area contributed by atoms with Crippen molar-refractivity contribution >= 4 is 5.95 Å². The summed E-state index contributed by atoms with van der Waals surface area (Å²) in [6.07, 6.45) is 5.68. The molecule has 0 fully saturated rings. The van der Waals surface area contributed by atoms with Crippen molar-refractivity contribution in [3.05, 3.63) is 18.0 Å². The third kappa shape index (κ3) is 3.47. The van der Waals surface area contributed by atoms with E-state index >= 15 is 0 Å². The molecule has 84 valence electrons. The Balaban J connectivity index is 2.65. The predicted octanol–water partition coefficient (Wildman–Crippen LogP) is 1.60. The van der Waals surface area contributed by atoms with Crippen molar-refractivity contribution < 1.29 is 5.11 Å². The topological polar surface area (TPSA) is 49.2 Å². The van der Waals surface area contributed by atoms with E-state index in [1.54, 1.807) is 12.4 Å². The largest absolute Gasteiger partial charge is 0.392 e. The molecule has 1 aromatic rings. The number of hydrogen-bond donors (Lipinski definition) is 1. The van der Waals surface area contributed by atoms with Crippen LogP contribution in [-0.2, 0) is 6.61 Å². The van der Waals surface area contributed by atoms with E-state index in [1.165, 1.54) is 6.42 Å². The lowest BCUT2D eigenvalue weighted by molar-refractivity contribution is 0.281. The van der Waals surface area contributed by atoms with Gasteiger partial charge in [0.1, 0.15) is 0 Å². The van der Waals surface area contributed by atoms with Crippen molar-refractivity contribution in [2.24, 2.45) is 0 Å². The van der Waals surface area contributed by atoms with Gasteiger partial charge in [0.15, 0.2) is 0 Å². The molecule has 4 nitrogen and oxygen atoms in total. The van der Waals surface area contributed by atoms with E-state index in [4.69, 9.17) is 5.11 Å². The molecule has 1 N–H and O–H groups in total. The Morgan fingerprint density at radius 3 is 2.40 bits per heavy atom. The second-order valence-corrected chi connectivity index (χ2v) is 3.48. The first-order valence-electron chi connectivity index (χ1n) is 5.48. The average molecular weight is 209 g/mol. The summed E-state index contributed by atoms with van der Waals surface area (Å²) in [4.78, 5) is 10.6. The van der Waals surface area contributed by atoms with E-state index in [2.05, 4.69) is 28.7 Å². The van der Waals surface area contributed by atoms with Crippen LogP contribution in [0, 0.1) is 0 Å². The molecule has 0 aliphatic heterocycles. The van der Waals surface area contributed by atoms with Crippen molar-refractivity contribution in [3.63, 3.8) is 0 Å². The second-order valence-electron chi connectivity index (χ2n) is 3.48. The molecule has 0 aliphatic carbocycles. The predicted molar refractivity (Wildman–Crippen MR) is 60.7 cm³/mol. The zero-order valence-electron chi connectivity index (χ0n) is 9.48. The number of aromatic nitrogens is 2. The standard InChI is InChI=1S/C11H19N3O/c1-3-5-6-14(4-2)11-12-7-10(9-15)8-13-11/h7-8,15H,3-6,9H2,1-2H3. The molecule has 0 unspecified atom stereocenters. The first-order chi connectivity index (χ1) is 7.31. The molecule has 0 aliphatic rings. The second kappa shape index (κ2) is 6.35. The number of anilines is 1. The van der Waals surface area contributed by atoms with Crippen LogP contribution in [-0.4, -0.2) is 28.2 Å². The minimum absolute atomic E-state index is 0.00135. The molecule has 1 heterocycles. The average Bonchev–Trinajstić information content (AvgIpc) is 2.31. The van der Waals surface area contributed by atoms with Crippen LogP contribution >= 0.6 is 0 Å². The molecule has 15 heavy (non-hydrogen) atoms. The highest BCUT2D eigenvalue weighted by atomic mass is 16.3. The zero-order valence-corrected chi connectivity index (χ0v) is 9.48. The van der Waals surface area contributed by atoms with E-state index in [0.29, 0.717) is 0 Å². The summed E-state index contributed by atoms with van der Waals surface area (Å²) >= 11 is 0. The van der Waals surface area contributed by atoms with E-state index in [-0.39, 0.29) is 6.61 Å². The molecule has 0 amide bonds. The quantitative estimate of drug-likeness (QED) is 0.773. The van der Waals surface area contributed by atoms with Gasteiger partial charge in [-0.1, -0.05) is 13.3 Å². The molecule has 4 heteroatoms. The van der Waals surface area contributed by atoms with Gasteiger partial charge >= 0.3 is 0 Å². The summed E-state index contributed by atoms with van der Waals surface area (Å²) in [5, 5.41) is 8.87. The first kappa shape index (κ1) is 11.9. The van der Waals surface area contributed by atoms with Crippen molar-refractivity contribution in [1.82, 2.24) is 9.97 Å². The molecule has 0 radical (unpaired) electrons. The highest BCUT2D eigenvalue weighted by Crippen LogP contribution is 2.08. The molecule has 0 spiro atoms. The molecule has 0 bridgehead atoms. The number of rotatable bonds is 6. The third-order valence-electron chi connectivity index (χ3n) is 2.32. The zero-order chi connectivity index (χ0) is 11.1. The van der Waals surface area contributed by atoms with Crippen LogP contribution < -0.4 is 4.90 Å². The highest BCUT2D eigenvalue weighted by Gasteiger charge is 2.05. The molecule has 0 saturated carbocycles. The van der Waals surface area contributed by atoms with Crippen molar-refractivity contribution in [3.8, 4) is 0 Å². The number of aliphatic hydroxyl groups excluding tert-OH is 1. The lowest BCUT2D eigenvalue weighted by Gasteiger charge is -2.20. The third-order valence-corrected chi connectivity index (χ3v) is 2.32. The number of aliphatic hydroxyl groups is 1. The Bertz CT molecular complexity index is 274. The summed E-state index contributed by atoms with van der Waals surface area (Å²) in [5.41, 5.74) is 0.755. The summed E-state index contributed by atoms with van der Waals surface area (Å²) in [5.74, 6) is 0.753. The Kier molecular flexibility index (Phi) is 5.04. The van der Waals surface area contributed by atoms with E-state index in [1.807, 2.05) is 0 Å². The lowest BCUT2D eigenvalue weighted by Crippen LogP contribution is -2.25. The Morgan fingerprint density at radius 2 is 1.93 bits per heavy atom. The van der Waals surface area contributed by atoms with Gasteiger partial charge in [-0.2, -0.15) is 0 Å². The molecule has 0 aromatic carbocycles. The van der Waals surface area contributed by atoms with E-state index in [0.717, 1.165) is 31.0 Å². The van der Waals surface area contributed by atoms with E-state index in [9.17, 15) is 0 Å². The maximum atomic E-state index is 8.87. The maximum absolute atomic E-state index is 8.87. The van der Waals surface area contributed by atoms with Gasteiger partial charge in [-0.25, -0.2) is 9.97 Å². The van der Waals surface area contributed by atoms with Gasteiger partial charge in [0.25, 0.3) is 0 Å². The smallest absolute Gasteiger partial charge is 0.225 e. The molecule has 0 saturated heterocycles. The SMILES string of the molecule is CCCCN(CC)c1ncc(CO)cn1.